The molecule has 2 aliphatic heterocycles. The Labute approximate surface area is 112 Å². The van der Waals surface area contributed by atoms with E-state index in [4.69, 9.17) is 9.84 Å². The van der Waals surface area contributed by atoms with Crippen LogP contribution in [0, 0.1) is 0 Å². The van der Waals surface area contributed by atoms with E-state index < -0.39 is 18.4 Å². The molecule has 4 unspecified atom stereocenters. The quantitative estimate of drug-likeness (QED) is 0.531. The van der Waals surface area contributed by atoms with E-state index in [2.05, 4.69) is 17.6 Å². The highest BCUT2D eigenvalue weighted by Crippen LogP contribution is 2.24. The fraction of sp³-hybridized carbons (Fsp3) is 0.750. The molecule has 2 aliphatic rings. The average Bonchev–Trinajstić information content (AvgIpc) is 2.77. The van der Waals surface area contributed by atoms with Crippen LogP contribution < -0.4 is 10.6 Å². The first kappa shape index (κ1) is 14.3. The van der Waals surface area contributed by atoms with Gasteiger partial charge in [0.05, 0.1) is 12.7 Å². The standard InChI is InChI=1S/C12H21N3O4/c1-2-4-13-10-3-5-15(12(18)14-10)11-6-8(17)9(7-16)19-11/h3,5,8-11,13,16-17H,2,4,6-7H2,1H3,(H,14,18). The van der Waals surface area contributed by atoms with Gasteiger partial charge in [0, 0.05) is 12.6 Å². The van der Waals surface area contributed by atoms with E-state index in [1.165, 1.54) is 4.90 Å². The first-order chi connectivity index (χ1) is 9.15. The van der Waals surface area contributed by atoms with Gasteiger partial charge < -0.3 is 20.3 Å². The largest absolute Gasteiger partial charge is 0.394 e. The van der Waals surface area contributed by atoms with Crippen LogP contribution in [0.5, 0.6) is 0 Å². The van der Waals surface area contributed by atoms with Crippen molar-refractivity contribution in [2.75, 3.05) is 13.2 Å². The number of urea groups is 1. The second-order valence-electron chi connectivity index (χ2n) is 4.74. The normalized spacial score (nSPS) is 34.7. The minimum Gasteiger partial charge on any atom is -0.394 e. The van der Waals surface area contributed by atoms with E-state index in [0.29, 0.717) is 6.42 Å². The van der Waals surface area contributed by atoms with Crippen LogP contribution in [0.1, 0.15) is 19.8 Å². The molecule has 4 atom stereocenters. The molecule has 0 aliphatic carbocycles. The summed E-state index contributed by atoms with van der Waals surface area (Å²) in [6, 6.07) is -0.271. The number of rotatable bonds is 5. The van der Waals surface area contributed by atoms with E-state index in [0.717, 1.165) is 13.0 Å². The lowest BCUT2D eigenvalue weighted by atomic mass is 10.2. The van der Waals surface area contributed by atoms with E-state index in [1.54, 1.807) is 6.20 Å². The number of amides is 2. The van der Waals surface area contributed by atoms with Gasteiger partial charge in [-0.2, -0.15) is 0 Å². The lowest BCUT2D eigenvalue weighted by Gasteiger charge is -2.31. The monoisotopic (exact) mass is 271 g/mol. The van der Waals surface area contributed by atoms with Crippen molar-refractivity contribution in [1.29, 1.82) is 0 Å². The molecule has 7 heteroatoms. The van der Waals surface area contributed by atoms with Gasteiger partial charge in [-0.25, -0.2) is 4.79 Å². The van der Waals surface area contributed by atoms with Gasteiger partial charge in [-0.05, 0) is 19.0 Å². The second kappa shape index (κ2) is 6.33. The Balaban J connectivity index is 1.93. The fourth-order valence-corrected chi connectivity index (χ4v) is 2.20. The minimum absolute atomic E-state index is 0.177. The fourth-order valence-electron chi connectivity index (χ4n) is 2.20. The van der Waals surface area contributed by atoms with E-state index in [-0.39, 0.29) is 18.8 Å². The maximum atomic E-state index is 12.0. The summed E-state index contributed by atoms with van der Waals surface area (Å²) >= 11 is 0. The molecule has 19 heavy (non-hydrogen) atoms. The Kier molecular flexibility index (Phi) is 4.76. The van der Waals surface area contributed by atoms with Gasteiger partial charge in [-0.1, -0.05) is 6.92 Å². The van der Waals surface area contributed by atoms with Crippen LogP contribution in [0.3, 0.4) is 0 Å². The number of carbonyl (C=O) groups excluding carboxylic acids is 1. The molecule has 2 amide bonds. The minimum atomic E-state index is -0.743. The molecule has 4 N–H and O–H groups in total. The van der Waals surface area contributed by atoms with E-state index >= 15 is 0 Å². The van der Waals surface area contributed by atoms with Crippen LogP contribution in [-0.4, -0.2) is 58.9 Å². The zero-order valence-corrected chi connectivity index (χ0v) is 11.0. The van der Waals surface area contributed by atoms with Crippen molar-refractivity contribution in [3.63, 3.8) is 0 Å². The van der Waals surface area contributed by atoms with Gasteiger partial charge in [-0.15, -0.1) is 0 Å². The molecule has 0 aromatic heterocycles. The van der Waals surface area contributed by atoms with Crippen molar-refractivity contribution in [3.8, 4) is 0 Å². The van der Waals surface area contributed by atoms with Crippen LogP contribution in [0.4, 0.5) is 4.79 Å². The van der Waals surface area contributed by atoms with Crippen LogP contribution in [0.25, 0.3) is 0 Å². The topological polar surface area (TPSA) is 94.1 Å². The van der Waals surface area contributed by atoms with Gasteiger partial charge in [0.1, 0.15) is 18.5 Å². The molecule has 1 fully saturated rings. The summed E-state index contributed by atoms with van der Waals surface area (Å²) in [4.78, 5) is 13.4. The Hall–Kier alpha value is -1.15. The number of hydrogen-bond acceptors (Lipinski definition) is 5. The lowest BCUT2D eigenvalue weighted by Crippen LogP contribution is -2.54. The van der Waals surface area contributed by atoms with Gasteiger partial charge >= 0.3 is 6.03 Å². The molecule has 7 nitrogen and oxygen atoms in total. The van der Waals surface area contributed by atoms with Gasteiger partial charge in [0.2, 0.25) is 0 Å². The van der Waals surface area contributed by atoms with Gasteiger partial charge in [-0.3, -0.25) is 10.2 Å². The molecular weight excluding hydrogens is 250 g/mol. The smallest absolute Gasteiger partial charge is 0.325 e. The Bertz CT molecular complexity index is 350. The van der Waals surface area contributed by atoms with Crippen LogP contribution in [0.2, 0.25) is 0 Å². The summed E-state index contributed by atoms with van der Waals surface area (Å²) in [6.07, 6.45) is 2.70. The summed E-state index contributed by atoms with van der Waals surface area (Å²) in [7, 11) is 0. The summed E-state index contributed by atoms with van der Waals surface area (Å²) in [6.45, 7) is 2.62. The first-order valence-corrected chi connectivity index (χ1v) is 6.60. The van der Waals surface area contributed by atoms with Crippen molar-refractivity contribution < 1.29 is 19.7 Å². The molecule has 0 aromatic rings. The molecule has 0 spiro atoms. The molecule has 0 radical (unpaired) electrons. The average molecular weight is 271 g/mol. The Morgan fingerprint density at radius 2 is 2.42 bits per heavy atom. The predicted molar refractivity (Wildman–Crippen MR) is 68.0 cm³/mol. The number of nitrogens with one attached hydrogen (secondary N) is 2. The lowest BCUT2D eigenvalue weighted by molar-refractivity contribution is -0.0543. The summed E-state index contributed by atoms with van der Waals surface area (Å²) in [5, 5.41) is 24.6. The number of nitrogens with zero attached hydrogens (tertiary/aromatic N) is 1. The zero-order chi connectivity index (χ0) is 13.8. The first-order valence-electron chi connectivity index (χ1n) is 6.60. The van der Waals surface area contributed by atoms with Crippen molar-refractivity contribution in [1.82, 2.24) is 15.5 Å². The summed E-state index contributed by atoms with van der Waals surface area (Å²) in [5.74, 6) is 0. The zero-order valence-electron chi connectivity index (χ0n) is 11.0. The molecule has 0 bridgehead atoms. The van der Waals surface area contributed by atoms with Gasteiger partial charge in [0.15, 0.2) is 0 Å². The molecule has 0 aromatic carbocycles. The molecule has 2 heterocycles. The van der Waals surface area contributed by atoms with E-state index in [1.807, 2.05) is 6.08 Å². The highest BCUT2D eigenvalue weighted by molar-refractivity contribution is 5.77. The van der Waals surface area contributed by atoms with Crippen LogP contribution >= 0.6 is 0 Å². The number of carbonyl (C=O) groups is 1. The maximum absolute atomic E-state index is 12.0. The van der Waals surface area contributed by atoms with Crippen molar-refractivity contribution in [2.24, 2.45) is 0 Å². The van der Waals surface area contributed by atoms with Crippen LogP contribution in [-0.2, 0) is 4.74 Å². The summed E-state index contributed by atoms with van der Waals surface area (Å²) < 4.78 is 5.44. The number of ether oxygens (including phenoxy) is 1. The number of hydrogen-bond donors (Lipinski definition) is 4. The third-order valence-electron chi connectivity index (χ3n) is 3.26. The maximum Gasteiger partial charge on any atom is 0.325 e. The second-order valence-corrected chi connectivity index (χ2v) is 4.74. The van der Waals surface area contributed by atoms with Crippen molar-refractivity contribution in [3.05, 3.63) is 12.3 Å². The molecule has 0 saturated carbocycles. The van der Waals surface area contributed by atoms with E-state index in [9.17, 15) is 9.90 Å². The van der Waals surface area contributed by atoms with Gasteiger partial charge in [0.25, 0.3) is 0 Å². The van der Waals surface area contributed by atoms with Crippen LogP contribution in [0.15, 0.2) is 12.3 Å². The van der Waals surface area contributed by atoms with Crippen molar-refractivity contribution >= 4 is 6.03 Å². The Morgan fingerprint density at radius 1 is 1.63 bits per heavy atom. The highest BCUT2D eigenvalue weighted by atomic mass is 16.5. The third-order valence-corrected chi connectivity index (χ3v) is 3.26. The summed E-state index contributed by atoms with van der Waals surface area (Å²) in [5.41, 5.74) is 0. The molecule has 108 valence electrons. The number of aliphatic hydroxyl groups excluding tert-OH is 2. The highest BCUT2D eigenvalue weighted by Gasteiger charge is 2.39. The molecule has 2 rings (SSSR count). The SMILES string of the molecule is CCCNC1C=CN(C2CC(O)C(CO)O2)C(=O)N1. The predicted octanol–water partition coefficient (Wildman–Crippen LogP) is -0.681. The van der Waals surface area contributed by atoms with Crippen molar-refractivity contribution in [2.45, 2.75) is 44.4 Å². The Morgan fingerprint density at radius 3 is 3.00 bits per heavy atom. The third kappa shape index (κ3) is 3.24. The molecular formula is C12H21N3O4. The number of aliphatic hydroxyl groups is 2. The molecule has 1 saturated heterocycles.